The standard InChI is InChI=1S/C15H16F3N3O2/c1-10-5-4-6-11(9-10)19-13(22)8-3-2-7-12-20-14(23-21-12)15(16,17)18/h4-6,9H,2-3,7-8H2,1H3,(H,19,22). The van der Waals surface area contributed by atoms with Gasteiger partial charge in [-0.25, -0.2) is 0 Å². The molecule has 0 atom stereocenters. The maximum Gasteiger partial charge on any atom is 0.471 e. The monoisotopic (exact) mass is 327 g/mol. The molecule has 0 aliphatic rings. The number of nitrogens with zero attached hydrogens (tertiary/aromatic N) is 2. The third-order valence-electron chi connectivity index (χ3n) is 3.07. The lowest BCUT2D eigenvalue weighted by Gasteiger charge is -2.05. The average Bonchev–Trinajstić information content (AvgIpc) is 2.92. The van der Waals surface area contributed by atoms with Gasteiger partial charge in [0.15, 0.2) is 5.82 Å². The van der Waals surface area contributed by atoms with E-state index < -0.39 is 12.1 Å². The minimum Gasteiger partial charge on any atom is -0.329 e. The highest BCUT2D eigenvalue weighted by atomic mass is 19.4. The number of carbonyl (C=O) groups excluding carboxylic acids is 1. The SMILES string of the molecule is Cc1cccc(NC(=O)CCCCc2noc(C(F)(F)F)n2)c1. The molecule has 23 heavy (non-hydrogen) atoms. The maximum atomic E-state index is 12.3. The van der Waals surface area contributed by atoms with Crippen LogP contribution in [0, 0.1) is 6.92 Å². The third kappa shape index (κ3) is 5.39. The Morgan fingerprint density at radius 2 is 2.09 bits per heavy atom. The zero-order valence-corrected chi connectivity index (χ0v) is 12.5. The van der Waals surface area contributed by atoms with Gasteiger partial charge < -0.3 is 9.84 Å². The number of anilines is 1. The van der Waals surface area contributed by atoms with Gasteiger partial charge in [0.1, 0.15) is 0 Å². The summed E-state index contributed by atoms with van der Waals surface area (Å²) in [6.45, 7) is 1.93. The van der Waals surface area contributed by atoms with Gasteiger partial charge in [-0.1, -0.05) is 17.3 Å². The largest absolute Gasteiger partial charge is 0.471 e. The van der Waals surface area contributed by atoms with Gasteiger partial charge in [-0.2, -0.15) is 18.2 Å². The molecule has 1 N–H and O–H groups in total. The molecule has 124 valence electrons. The number of aryl methyl sites for hydroxylation is 2. The average molecular weight is 327 g/mol. The first-order valence-electron chi connectivity index (χ1n) is 7.11. The minimum atomic E-state index is -4.63. The summed E-state index contributed by atoms with van der Waals surface area (Å²) in [5.74, 6) is -1.49. The number of aromatic nitrogens is 2. The van der Waals surface area contributed by atoms with Gasteiger partial charge in [-0.05, 0) is 37.5 Å². The summed E-state index contributed by atoms with van der Waals surface area (Å²) in [6.07, 6.45) is -3.10. The van der Waals surface area contributed by atoms with Crippen molar-refractivity contribution in [1.29, 1.82) is 0 Å². The van der Waals surface area contributed by atoms with Crippen LogP contribution in [0.1, 0.15) is 36.5 Å². The fourth-order valence-electron chi connectivity index (χ4n) is 1.99. The maximum absolute atomic E-state index is 12.3. The Balaban J connectivity index is 1.71. The predicted octanol–water partition coefficient (Wildman–Crippen LogP) is 3.75. The Morgan fingerprint density at radius 1 is 1.30 bits per heavy atom. The molecule has 0 fully saturated rings. The van der Waals surface area contributed by atoms with Gasteiger partial charge >= 0.3 is 12.1 Å². The molecule has 0 bridgehead atoms. The summed E-state index contributed by atoms with van der Waals surface area (Å²) in [6, 6.07) is 7.42. The Labute approximate surface area is 130 Å². The minimum absolute atomic E-state index is 0.00332. The zero-order chi connectivity index (χ0) is 16.9. The van der Waals surface area contributed by atoms with Crippen molar-refractivity contribution in [3.8, 4) is 0 Å². The van der Waals surface area contributed by atoms with E-state index in [9.17, 15) is 18.0 Å². The second-order valence-electron chi connectivity index (χ2n) is 5.14. The van der Waals surface area contributed by atoms with Crippen molar-refractivity contribution in [2.24, 2.45) is 0 Å². The molecule has 0 spiro atoms. The first kappa shape index (κ1) is 17.0. The van der Waals surface area contributed by atoms with Crippen LogP contribution in [0.25, 0.3) is 0 Å². The van der Waals surface area contributed by atoms with Gasteiger partial charge in [-0.15, -0.1) is 0 Å². The van der Waals surface area contributed by atoms with Crippen molar-refractivity contribution >= 4 is 11.6 Å². The van der Waals surface area contributed by atoms with Crippen LogP contribution < -0.4 is 5.32 Å². The fraction of sp³-hybridized carbons (Fsp3) is 0.400. The predicted molar refractivity (Wildman–Crippen MR) is 76.7 cm³/mol. The van der Waals surface area contributed by atoms with Gasteiger partial charge in [0.2, 0.25) is 5.91 Å². The molecule has 1 amide bonds. The quantitative estimate of drug-likeness (QED) is 0.821. The first-order chi connectivity index (χ1) is 10.8. The van der Waals surface area contributed by atoms with E-state index in [0.717, 1.165) is 11.3 Å². The molecule has 0 unspecified atom stereocenters. The lowest BCUT2D eigenvalue weighted by Crippen LogP contribution is -2.11. The van der Waals surface area contributed by atoms with Gasteiger partial charge in [0.25, 0.3) is 0 Å². The molecule has 0 radical (unpaired) electrons. The van der Waals surface area contributed by atoms with Gasteiger partial charge in [0, 0.05) is 18.5 Å². The fourth-order valence-corrected chi connectivity index (χ4v) is 1.99. The Hall–Kier alpha value is -2.38. The highest BCUT2D eigenvalue weighted by Gasteiger charge is 2.38. The molecule has 1 aromatic heterocycles. The topological polar surface area (TPSA) is 68.0 Å². The van der Waals surface area contributed by atoms with Crippen LogP contribution in [0.2, 0.25) is 0 Å². The number of alkyl halides is 3. The van der Waals surface area contributed by atoms with Crippen LogP contribution in [-0.4, -0.2) is 16.0 Å². The highest BCUT2D eigenvalue weighted by molar-refractivity contribution is 5.90. The molecule has 0 aliphatic heterocycles. The van der Waals surface area contributed by atoms with Crippen molar-refractivity contribution < 1.29 is 22.5 Å². The second-order valence-corrected chi connectivity index (χ2v) is 5.14. The number of carbonyl (C=O) groups is 1. The van der Waals surface area contributed by atoms with Crippen molar-refractivity contribution in [2.45, 2.75) is 38.8 Å². The summed E-state index contributed by atoms with van der Waals surface area (Å²) < 4.78 is 41.0. The molecule has 2 aromatic rings. The summed E-state index contributed by atoms with van der Waals surface area (Å²) in [7, 11) is 0. The second kappa shape index (κ2) is 7.26. The number of rotatable bonds is 6. The molecule has 0 saturated heterocycles. The number of nitrogens with one attached hydrogen (secondary N) is 1. The number of hydrogen-bond donors (Lipinski definition) is 1. The summed E-state index contributed by atoms with van der Waals surface area (Å²) >= 11 is 0. The van der Waals surface area contributed by atoms with E-state index in [0.29, 0.717) is 12.8 Å². The molecule has 5 nitrogen and oxygen atoms in total. The zero-order valence-electron chi connectivity index (χ0n) is 12.5. The van der Waals surface area contributed by atoms with E-state index in [1.807, 2.05) is 25.1 Å². The normalized spacial score (nSPS) is 11.5. The molecule has 0 aliphatic carbocycles. The molecule has 2 rings (SSSR count). The van der Waals surface area contributed by atoms with Crippen molar-refractivity contribution in [3.05, 3.63) is 41.5 Å². The molecular weight excluding hydrogens is 311 g/mol. The molecule has 1 aromatic carbocycles. The summed E-state index contributed by atoms with van der Waals surface area (Å²) in [5.41, 5.74) is 1.77. The van der Waals surface area contributed by atoms with Crippen LogP contribution in [0.5, 0.6) is 0 Å². The number of halogens is 3. The summed E-state index contributed by atoms with van der Waals surface area (Å²) in [4.78, 5) is 15.0. The molecule has 1 heterocycles. The van der Waals surface area contributed by atoms with Crippen LogP contribution in [0.3, 0.4) is 0 Å². The van der Waals surface area contributed by atoms with Crippen LogP contribution in [0.15, 0.2) is 28.8 Å². The van der Waals surface area contributed by atoms with E-state index in [1.165, 1.54) is 0 Å². The lowest BCUT2D eigenvalue weighted by molar-refractivity contribution is -0.159. The highest BCUT2D eigenvalue weighted by Crippen LogP contribution is 2.27. The third-order valence-corrected chi connectivity index (χ3v) is 3.07. The Kier molecular flexibility index (Phi) is 5.36. The number of benzene rings is 1. The van der Waals surface area contributed by atoms with Crippen LogP contribution in [-0.2, 0) is 17.4 Å². The van der Waals surface area contributed by atoms with Crippen molar-refractivity contribution in [3.63, 3.8) is 0 Å². The van der Waals surface area contributed by atoms with Crippen LogP contribution >= 0.6 is 0 Å². The molecule has 8 heteroatoms. The summed E-state index contributed by atoms with van der Waals surface area (Å²) in [5, 5.41) is 6.04. The Morgan fingerprint density at radius 3 is 2.74 bits per heavy atom. The molecular formula is C15H16F3N3O2. The van der Waals surface area contributed by atoms with Crippen molar-refractivity contribution in [2.75, 3.05) is 5.32 Å². The lowest BCUT2D eigenvalue weighted by atomic mass is 10.1. The van der Waals surface area contributed by atoms with E-state index >= 15 is 0 Å². The van der Waals surface area contributed by atoms with E-state index in [2.05, 4.69) is 20.0 Å². The number of amides is 1. The molecule has 0 saturated carbocycles. The Bertz CT molecular complexity index is 668. The van der Waals surface area contributed by atoms with E-state index in [1.54, 1.807) is 6.07 Å². The van der Waals surface area contributed by atoms with Crippen molar-refractivity contribution in [1.82, 2.24) is 10.1 Å². The van der Waals surface area contributed by atoms with E-state index in [-0.39, 0.29) is 24.6 Å². The number of hydrogen-bond acceptors (Lipinski definition) is 4. The van der Waals surface area contributed by atoms with Gasteiger partial charge in [-0.3, -0.25) is 4.79 Å². The smallest absolute Gasteiger partial charge is 0.329 e. The first-order valence-corrected chi connectivity index (χ1v) is 7.11. The van der Waals surface area contributed by atoms with E-state index in [4.69, 9.17) is 0 Å². The number of unbranched alkanes of at least 4 members (excludes halogenated alkanes) is 1. The van der Waals surface area contributed by atoms with Gasteiger partial charge in [0.05, 0.1) is 0 Å². The van der Waals surface area contributed by atoms with Crippen LogP contribution in [0.4, 0.5) is 18.9 Å².